The van der Waals surface area contributed by atoms with Gasteiger partial charge in [0.15, 0.2) is 0 Å². The van der Waals surface area contributed by atoms with Crippen LogP contribution in [0.5, 0.6) is 0 Å². The first-order valence-corrected chi connectivity index (χ1v) is 9.28. The lowest BCUT2D eigenvalue weighted by Crippen LogP contribution is -2.26. The molecule has 0 spiro atoms. The monoisotopic (exact) mass is 331 g/mol. The summed E-state index contributed by atoms with van der Waals surface area (Å²) in [4.78, 5) is 4.17. The molecule has 0 radical (unpaired) electrons. The molecule has 7 heteroatoms. The number of hydrogen-bond donors (Lipinski definition) is 2. The minimum Gasteiger partial charge on any atom is -0.369 e. The molecule has 2 N–H and O–H groups in total. The van der Waals surface area contributed by atoms with Crippen LogP contribution in [0.2, 0.25) is 5.02 Å². The molecule has 0 aromatic carbocycles. The number of pyridine rings is 1. The highest BCUT2D eigenvalue weighted by molar-refractivity contribution is 7.89. The molecule has 1 heterocycles. The van der Waals surface area contributed by atoms with Gasteiger partial charge in [0.2, 0.25) is 10.0 Å². The van der Waals surface area contributed by atoms with Crippen LogP contribution in [0, 0.1) is 5.92 Å². The second-order valence-corrected chi connectivity index (χ2v) is 7.54. The van der Waals surface area contributed by atoms with Gasteiger partial charge in [0.1, 0.15) is 10.7 Å². The molecule has 21 heavy (non-hydrogen) atoms. The van der Waals surface area contributed by atoms with E-state index in [4.69, 9.17) is 11.6 Å². The average Bonchev–Trinajstić information content (AvgIpc) is 2.94. The smallest absolute Gasteiger partial charge is 0.242 e. The van der Waals surface area contributed by atoms with Crippen LogP contribution in [-0.4, -0.2) is 26.5 Å². The van der Waals surface area contributed by atoms with Crippen molar-refractivity contribution in [2.75, 3.05) is 18.4 Å². The number of hydrogen-bond acceptors (Lipinski definition) is 4. The van der Waals surface area contributed by atoms with Crippen molar-refractivity contribution in [1.29, 1.82) is 0 Å². The van der Waals surface area contributed by atoms with E-state index in [1.165, 1.54) is 37.9 Å². The summed E-state index contributed by atoms with van der Waals surface area (Å²) in [6.45, 7) is 3.07. The highest BCUT2D eigenvalue weighted by Crippen LogP contribution is 2.27. The highest BCUT2D eigenvalue weighted by atomic mass is 35.5. The quantitative estimate of drug-likeness (QED) is 0.805. The zero-order chi connectivity index (χ0) is 15.3. The molecular formula is C14H22ClN3O2S. The second kappa shape index (κ2) is 7.42. The molecule has 1 saturated carbocycles. The standard InChI is InChI=1S/C14H22ClN3O2S/c1-2-16-14-13(15)9-12(10-17-14)21(19,20)18-8-7-11-5-3-4-6-11/h9-11,18H,2-8H2,1H3,(H,16,17). The maximum atomic E-state index is 12.2. The first-order chi connectivity index (χ1) is 10.0. The number of aromatic nitrogens is 1. The molecule has 5 nitrogen and oxygen atoms in total. The largest absolute Gasteiger partial charge is 0.369 e. The molecule has 118 valence electrons. The Morgan fingerprint density at radius 3 is 2.71 bits per heavy atom. The van der Waals surface area contributed by atoms with Crippen LogP contribution in [0.25, 0.3) is 0 Å². The molecule has 1 aromatic heterocycles. The first-order valence-electron chi connectivity index (χ1n) is 7.42. The van der Waals surface area contributed by atoms with E-state index in [-0.39, 0.29) is 4.90 Å². The number of sulfonamides is 1. The molecule has 1 aliphatic rings. The Bertz CT molecular complexity index is 572. The van der Waals surface area contributed by atoms with Gasteiger partial charge in [-0.3, -0.25) is 0 Å². The second-order valence-electron chi connectivity index (χ2n) is 5.37. The van der Waals surface area contributed by atoms with Gasteiger partial charge in [-0.2, -0.15) is 0 Å². The maximum absolute atomic E-state index is 12.2. The van der Waals surface area contributed by atoms with Crippen molar-refractivity contribution in [3.8, 4) is 0 Å². The van der Waals surface area contributed by atoms with Crippen LogP contribution in [0.4, 0.5) is 5.82 Å². The van der Waals surface area contributed by atoms with Crippen molar-refractivity contribution in [3.63, 3.8) is 0 Å². The summed E-state index contributed by atoms with van der Waals surface area (Å²) >= 11 is 6.03. The van der Waals surface area contributed by atoms with E-state index in [1.807, 2.05) is 6.92 Å². The van der Waals surface area contributed by atoms with E-state index in [1.54, 1.807) is 0 Å². The number of nitrogens with zero attached hydrogens (tertiary/aromatic N) is 1. The molecule has 0 unspecified atom stereocenters. The molecule has 0 atom stereocenters. The van der Waals surface area contributed by atoms with E-state index in [9.17, 15) is 8.42 Å². The van der Waals surface area contributed by atoms with Crippen LogP contribution >= 0.6 is 11.6 Å². The predicted molar refractivity (Wildman–Crippen MR) is 85.2 cm³/mol. The molecule has 0 amide bonds. The zero-order valence-electron chi connectivity index (χ0n) is 12.2. The minimum atomic E-state index is -3.53. The van der Waals surface area contributed by atoms with Crippen LogP contribution in [0.3, 0.4) is 0 Å². The van der Waals surface area contributed by atoms with Gasteiger partial charge in [0, 0.05) is 19.3 Å². The third-order valence-electron chi connectivity index (χ3n) is 3.79. The summed E-state index contributed by atoms with van der Waals surface area (Å²) in [6.07, 6.45) is 7.20. The van der Waals surface area contributed by atoms with Crippen molar-refractivity contribution in [2.24, 2.45) is 5.92 Å². The SMILES string of the molecule is CCNc1ncc(S(=O)(=O)NCCC2CCCC2)cc1Cl. The average molecular weight is 332 g/mol. The van der Waals surface area contributed by atoms with Gasteiger partial charge in [0.05, 0.1) is 5.02 Å². The summed E-state index contributed by atoms with van der Waals surface area (Å²) in [5, 5.41) is 3.29. The third-order valence-corrected chi connectivity index (χ3v) is 5.51. The van der Waals surface area contributed by atoms with E-state index < -0.39 is 10.0 Å². The Hall–Kier alpha value is -0.850. The van der Waals surface area contributed by atoms with Gasteiger partial charge in [-0.25, -0.2) is 18.1 Å². The zero-order valence-corrected chi connectivity index (χ0v) is 13.8. The van der Waals surface area contributed by atoms with Gasteiger partial charge in [-0.1, -0.05) is 37.3 Å². The van der Waals surface area contributed by atoms with Crippen LogP contribution in [-0.2, 0) is 10.0 Å². The lowest BCUT2D eigenvalue weighted by Gasteiger charge is -2.11. The van der Waals surface area contributed by atoms with Crippen molar-refractivity contribution in [1.82, 2.24) is 9.71 Å². The van der Waals surface area contributed by atoms with Crippen molar-refractivity contribution < 1.29 is 8.42 Å². The molecule has 0 saturated heterocycles. The van der Waals surface area contributed by atoms with E-state index in [2.05, 4.69) is 15.0 Å². The van der Waals surface area contributed by atoms with Gasteiger partial charge < -0.3 is 5.32 Å². The number of anilines is 1. The Morgan fingerprint density at radius 1 is 1.38 bits per heavy atom. The van der Waals surface area contributed by atoms with Crippen LogP contribution in [0.15, 0.2) is 17.2 Å². The molecule has 1 aliphatic carbocycles. The summed E-state index contributed by atoms with van der Waals surface area (Å²) in [7, 11) is -3.53. The fourth-order valence-corrected chi connectivity index (χ4v) is 3.96. The Balaban J connectivity index is 1.96. The molecule has 0 bridgehead atoms. The Morgan fingerprint density at radius 2 is 2.10 bits per heavy atom. The van der Waals surface area contributed by atoms with Crippen LogP contribution < -0.4 is 10.0 Å². The van der Waals surface area contributed by atoms with Crippen molar-refractivity contribution in [2.45, 2.75) is 43.9 Å². The minimum absolute atomic E-state index is 0.112. The topological polar surface area (TPSA) is 71.1 Å². The van der Waals surface area contributed by atoms with Crippen LogP contribution in [0.1, 0.15) is 39.0 Å². The summed E-state index contributed by atoms with van der Waals surface area (Å²) in [5.41, 5.74) is 0. The molecule has 0 aliphatic heterocycles. The fraction of sp³-hybridized carbons (Fsp3) is 0.643. The summed E-state index contributed by atoms with van der Waals surface area (Å²) < 4.78 is 27.0. The lowest BCUT2D eigenvalue weighted by molar-refractivity contribution is 0.495. The lowest BCUT2D eigenvalue weighted by atomic mass is 10.1. The summed E-state index contributed by atoms with van der Waals surface area (Å²) in [5.74, 6) is 1.16. The Labute approximate surface area is 131 Å². The van der Waals surface area contributed by atoms with E-state index in [0.717, 1.165) is 6.42 Å². The summed E-state index contributed by atoms with van der Waals surface area (Å²) in [6, 6.07) is 1.43. The van der Waals surface area contributed by atoms with Crippen molar-refractivity contribution in [3.05, 3.63) is 17.3 Å². The number of nitrogens with one attached hydrogen (secondary N) is 2. The van der Waals surface area contributed by atoms with Gasteiger partial charge in [0.25, 0.3) is 0 Å². The fourth-order valence-electron chi connectivity index (χ4n) is 2.64. The maximum Gasteiger partial charge on any atom is 0.242 e. The van der Waals surface area contributed by atoms with Gasteiger partial charge >= 0.3 is 0 Å². The van der Waals surface area contributed by atoms with Gasteiger partial charge in [-0.15, -0.1) is 0 Å². The van der Waals surface area contributed by atoms with E-state index in [0.29, 0.717) is 29.8 Å². The molecular weight excluding hydrogens is 310 g/mol. The Kier molecular flexibility index (Phi) is 5.84. The first kappa shape index (κ1) is 16.5. The van der Waals surface area contributed by atoms with E-state index >= 15 is 0 Å². The third kappa shape index (κ3) is 4.56. The molecule has 2 rings (SSSR count). The molecule has 1 aromatic rings. The normalized spacial score (nSPS) is 16.3. The number of rotatable bonds is 7. The number of halogens is 1. The predicted octanol–water partition coefficient (Wildman–Crippen LogP) is 3.03. The highest BCUT2D eigenvalue weighted by Gasteiger charge is 2.19. The van der Waals surface area contributed by atoms with Gasteiger partial charge in [-0.05, 0) is 25.3 Å². The molecule has 1 fully saturated rings. The van der Waals surface area contributed by atoms with Crippen molar-refractivity contribution >= 4 is 27.4 Å².